The van der Waals surface area contributed by atoms with Gasteiger partial charge in [-0.15, -0.1) is 0 Å². The minimum absolute atomic E-state index is 0.000227. The maximum Gasteiger partial charge on any atom is 0.323 e. The average molecular weight is 964 g/mol. The molecule has 1 unspecified atom stereocenters. The summed E-state index contributed by atoms with van der Waals surface area (Å²) < 4.78 is 10.5. The number of nitrogens with zero attached hydrogens (tertiary/aromatic N) is 2. The Morgan fingerprint density at radius 1 is 0.615 bits per heavy atom. The van der Waals surface area contributed by atoms with Gasteiger partial charge in [-0.05, 0) is 113 Å². The highest BCUT2D eigenvalue weighted by Gasteiger charge is 2.30. The van der Waals surface area contributed by atoms with E-state index in [0.717, 1.165) is 45.5 Å². The third-order valence-corrected chi connectivity index (χ3v) is 12.4. The zero-order chi connectivity index (χ0) is 46.9. The molecular formula is C48H51Cl4N7O6. The lowest BCUT2D eigenvalue weighted by molar-refractivity contribution is -0.133. The van der Waals surface area contributed by atoms with Crippen molar-refractivity contribution in [3.63, 3.8) is 0 Å². The van der Waals surface area contributed by atoms with Crippen LogP contribution in [0.3, 0.4) is 0 Å². The number of nitrogens with one attached hydrogen (secondary N) is 3. The molecule has 0 fully saturated rings. The van der Waals surface area contributed by atoms with Gasteiger partial charge in [0.05, 0.1) is 32.0 Å². The van der Waals surface area contributed by atoms with Crippen molar-refractivity contribution in [2.24, 2.45) is 17.4 Å². The van der Waals surface area contributed by atoms with Crippen LogP contribution in [-0.2, 0) is 53.4 Å². The molecule has 0 radical (unpaired) electrons. The van der Waals surface area contributed by atoms with Crippen molar-refractivity contribution in [2.75, 3.05) is 30.2 Å². The third kappa shape index (κ3) is 12.6. The predicted molar refractivity (Wildman–Crippen MR) is 258 cm³/mol. The smallest absolute Gasteiger partial charge is 0.323 e. The number of carbonyl (C=O) groups excluding carboxylic acids is 4. The first kappa shape index (κ1) is 48.9. The lowest BCUT2D eigenvalue weighted by Crippen LogP contribution is -2.42. The van der Waals surface area contributed by atoms with Crippen LogP contribution in [0.4, 0.5) is 21.9 Å². The van der Waals surface area contributed by atoms with E-state index in [9.17, 15) is 19.2 Å². The molecule has 65 heavy (non-hydrogen) atoms. The first-order chi connectivity index (χ1) is 31.0. The van der Waals surface area contributed by atoms with Crippen molar-refractivity contribution in [3.8, 4) is 11.5 Å². The molecule has 3 atom stereocenters. The molecule has 13 nitrogen and oxygen atoms in total. The summed E-state index contributed by atoms with van der Waals surface area (Å²) >= 11 is 24.3. The Kier molecular flexibility index (Phi) is 16.6. The molecule has 0 saturated heterocycles. The lowest BCUT2D eigenvalue weighted by atomic mass is 10.1. The Labute approximate surface area is 398 Å². The highest BCUT2D eigenvalue weighted by atomic mass is 35.5. The van der Waals surface area contributed by atoms with Gasteiger partial charge in [0.1, 0.15) is 11.5 Å². The summed E-state index contributed by atoms with van der Waals surface area (Å²) in [5, 5.41) is 10.6. The molecular weight excluding hydrogens is 912 g/mol. The van der Waals surface area contributed by atoms with Crippen LogP contribution < -0.4 is 36.9 Å². The van der Waals surface area contributed by atoms with E-state index >= 15 is 0 Å². The molecule has 2 heterocycles. The van der Waals surface area contributed by atoms with E-state index < -0.39 is 18.1 Å². The van der Waals surface area contributed by atoms with Crippen LogP contribution in [0.25, 0.3) is 0 Å². The highest BCUT2D eigenvalue weighted by molar-refractivity contribution is 6.35. The molecule has 5 aromatic carbocycles. The van der Waals surface area contributed by atoms with E-state index in [1.54, 1.807) is 77.6 Å². The van der Waals surface area contributed by atoms with E-state index in [-0.39, 0.29) is 23.6 Å². The average Bonchev–Trinajstić information content (AvgIpc) is 3.91. The Morgan fingerprint density at radius 3 is 1.57 bits per heavy atom. The first-order valence-corrected chi connectivity index (χ1v) is 22.4. The van der Waals surface area contributed by atoms with Crippen LogP contribution in [0.5, 0.6) is 11.5 Å². The van der Waals surface area contributed by atoms with E-state index in [0.29, 0.717) is 82.0 Å². The second-order valence-electron chi connectivity index (χ2n) is 15.9. The van der Waals surface area contributed by atoms with Crippen molar-refractivity contribution in [1.82, 2.24) is 9.80 Å². The monoisotopic (exact) mass is 961 g/mol. The van der Waals surface area contributed by atoms with Crippen LogP contribution >= 0.6 is 46.4 Å². The molecule has 0 saturated carbocycles. The quantitative estimate of drug-likeness (QED) is 0.0774. The Bertz CT molecular complexity index is 2580. The number of benzene rings is 5. The van der Waals surface area contributed by atoms with Crippen LogP contribution in [-0.4, -0.2) is 59.9 Å². The van der Waals surface area contributed by atoms with E-state index in [4.69, 9.17) is 67.3 Å². The molecule has 0 aliphatic carbocycles. The molecule has 0 bridgehead atoms. The summed E-state index contributed by atoms with van der Waals surface area (Å²) in [6, 6.07) is 24.9. The minimum atomic E-state index is -0.737. The normalized spacial score (nSPS) is 13.9. The number of rotatable bonds is 13. The largest absolute Gasteiger partial charge is 0.497 e. The standard InChI is InChI=1S/C26H26Cl2N4O4.C22H25Cl2N3O2/c1-35-20-7-8-24(36-2)23(12-20)31-26(34)30-19-6-4-16-13-32(14-17(16)9-19)25(33)22(29)10-15-3-5-18(27)11-21(15)28;1-3-13(2)21(28)26-18-7-5-15-11-27(12-16(15)8-18)22(29)20(25)9-14-4-6-17(23)10-19(14)24/h3-9,11-12,22H,10,13-14,29H2,1-2H3,(H2,30,31,34);4-8,10,13,20H,3,9,11-12,25H2,1-2H3,(H,26,28)/t22-;13?,20-/m11/s1. The summed E-state index contributed by atoms with van der Waals surface area (Å²) in [6.07, 6.45) is 1.44. The van der Waals surface area contributed by atoms with Crippen LogP contribution in [0.15, 0.2) is 91.0 Å². The van der Waals surface area contributed by atoms with Gasteiger partial charge >= 0.3 is 6.03 Å². The topological polar surface area (TPSA) is 181 Å². The fourth-order valence-electron chi connectivity index (χ4n) is 7.40. The Balaban J connectivity index is 0.000000221. The summed E-state index contributed by atoms with van der Waals surface area (Å²) in [7, 11) is 3.07. The number of urea groups is 1. The summed E-state index contributed by atoms with van der Waals surface area (Å²) in [5.41, 5.74) is 19.8. The van der Waals surface area contributed by atoms with E-state index in [1.165, 1.54) is 7.11 Å². The number of carbonyl (C=O) groups is 4. The SMILES string of the molecule is CCC(C)C(=O)Nc1ccc2c(c1)CN(C(=O)[C@H](N)Cc1ccc(Cl)cc1Cl)C2.COc1ccc(OC)c(NC(=O)Nc2ccc3c(c2)CN(C(=O)[C@H](N)Cc2ccc(Cl)cc2Cl)C3)c1. The molecule has 0 aromatic heterocycles. The van der Waals surface area contributed by atoms with Crippen LogP contribution in [0, 0.1) is 5.92 Å². The minimum Gasteiger partial charge on any atom is -0.497 e. The number of amides is 5. The van der Waals surface area contributed by atoms with Crippen molar-refractivity contribution >= 4 is 87.2 Å². The molecule has 7 N–H and O–H groups in total. The van der Waals surface area contributed by atoms with Gasteiger partial charge in [0.2, 0.25) is 17.7 Å². The zero-order valence-corrected chi connectivity index (χ0v) is 39.4. The summed E-state index contributed by atoms with van der Waals surface area (Å²) in [5.74, 6) is 0.751. The molecule has 0 spiro atoms. The second kappa shape index (κ2) is 22.1. The van der Waals surface area contributed by atoms with Gasteiger partial charge in [-0.1, -0.05) is 84.5 Å². The van der Waals surface area contributed by atoms with Gasteiger partial charge in [-0.3, -0.25) is 14.4 Å². The molecule has 342 valence electrons. The molecule has 5 aromatic rings. The molecule has 2 aliphatic heterocycles. The predicted octanol–water partition coefficient (Wildman–Crippen LogP) is 9.46. The van der Waals surface area contributed by atoms with Gasteiger partial charge in [0.25, 0.3) is 0 Å². The van der Waals surface area contributed by atoms with Crippen molar-refractivity contribution < 1.29 is 28.7 Å². The number of anilines is 3. The number of fused-ring (bicyclic) bond motifs is 2. The van der Waals surface area contributed by atoms with Gasteiger partial charge in [0.15, 0.2) is 0 Å². The van der Waals surface area contributed by atoms with E-state index in [2.05, 4.69) is 16.0 Å². The highest BCUT2D eigenvalue weighted by Crippen LogP contribution is 2.32. The first-order valence-electron chi connectivity index (χ1n) is 20.9. The third-order valence-electron chi connectivity index (χ3n) is 11.3. The van der Waals surface area contributed by atoms with Gasteiger partial charge in [0, 0.05) is 69.6 Å². The van der Waals surface area contributed by atoms with Gasteiger partial charge < -0.3 is 46.7 Å². The number of nitrogens with two attached hydrogens (primary N) is 2. The maximum atomic E-state index is 13.0. The number of hydrogen-bond acceptors (Lipinski definition) is 8. The molecule has 7 rings (SSSR count). The fourth-order valence-corrected chi connectivity index (χ4v) is 8.37. The summed E-state index contributed by atoms with van der Waals surface area (Å²) in [4.78, 5) is 54.0. The fraction of sp³-hybridized carbons (Fsp3) is 0.292. The number of hydrogen-bond donors (Lipinski definition) is 5. The van der Waals surface area contributed by atoms with Crippen LogP contribution in [0.1, 0.15) is 53.6 Å². The molecule has 17 heteroatoms. The van der Waals surface area contributed by atoms with Crippen molar-refractivity contribution in [2.45, 2.75) is 71.4 Å². The Hall–Kier alpha value is -5.54. The second-order valence-corrected chi connectivity index (χ2v) is 17.6. The zero-order valence-electron chi connectivity index (χ0n) is 36.4. The summed E-state index contributed by atoms with van der Waals surface area (Å²) in [6.45, 7) is 5.72. The number of ether oxygens (including phenoxy) is 2. The van der Waals surface area contributed by atoms with Crippen molar-refractivity contribution in [1.29, 1.82) is 0 Å². The lowest BCUT2D eigenvalue weighted by Gasteiger charge is -2.20. The number of halogens is 4. The number of methoxy groups -OCH3 is 2. The molecule has 2 aliphatic rings. The van der Waals surface area contributed by atoms with E-state index in [1.807, 2.05) is 44.2 Å². The Morgan fingerprint density at radius 2 is 1.11 bits per heavy atom. The van der Waals surface area contributed by atoms with Crippen LogP contribution in [0.2, 0.25) is 20.1 Å². The van der Waals surface area contributed by atoms with Gasteiger partial charge in [-0.2, -0.15) is 0 Å². The van der Waals surface area contributed by atoms with Crippen molar-refractivity contribution in [3.05, 3.63) is 144 Å². The molecule has 5 amide bonds. The van der Waals surface area contributed by atoms with Gasteiger partial charge in [-0.25, -0.2) is 4.79 Å². The maximum absolute atomic E-state index is 13.0.